The third kappa shape index (κ3) is 3.70. The average Bonchev–Trinajstić information content (AvgIpc) is 2.85. The van der Waals surface area contributed by atoms with Crippen LogP contribution in [-0.2, 0) is 20.1 Å². The summed E-state index contributed by atoms with van der Waals surface area (Å²) >= 11 is 0. The monoisotopic (exact) mass is 247 g/mol. The van der Waals surface area contributed by atoms with Crippen LogP contribution in [0.3, 0.4) is 0 Å². The number of hydrogen-bond donors (Lipinski definition) is 1. The van der Waals surface area contributed by atoms with Crippen molar-refractivity contribution in [2.45, 2.75) is 39.4 Å². The molecule has 2 rings (SSSR count). The Bertz CT molecular complexity index is 503. The molecular weight excluding hydrogens is 226 g/mol. The lowest BCUT2D eigenvalue weighted by atomic mass is 10.1. The van der Waals surface area contributed by atoms with E-state index >= 15 is 0 Å². The summed E-state index contributed by atoms with van der Waals surface area (Å²) in [6, 6.07) is 2.05. The number of aryl methyl sites for hydroxylation is 1. The first-order valence-electron chi connectivity index (χ1n) is 6.17. The van der Waals surface area contributed by atoms with E-state index in [2.05, 4.69) is 42.4 Å². The quantitative estimate of drug-likeness (QED) is 0.891. The number of hydrogen-bond acceptors (Lipinski definition) is 3. The molecule has 18 heavy (non-hydrogen) atoms. The molecule has 0 fully saturated rings. The minimum atomic E-state index is 0.118. The van der Waals surface area contributed by atoms with E-state index in [0.717, 1.165) is 24.3 Å². The zero-order valence-corrected chi connectivity index (χ0v) is 11.5. The molecule has 0 aromatic carbocycles. The Morgan fingerprint density at radius 2 is 2.11 bits per heavy atom. The van der Waals surface area contributed by atoms with Crippen LogP contribution in [-0.4, -0.2) is 25.1 Å². The zero-order valence-electron chi connectivity index (χ0n) is 11.5. The first-order valence-corrected chi connectivity index (χ1v) is 6.17. The van der Waals surface area contributed by atoms with E-state index in [4.69, 9.17) is 0 Å². The topological polar surface area (TPSA) is 47.7 Å². The third-order valence-electron chi connectivity index (χ3n) is 2.60. The van der Waals surface area contributed by atoms with Crippen molar-refractivity contribution >= 4 is 0 Å². The van der Waals surface area contributed by atoms with Crippen molar-refractivity contribution in [3.05, 3.63) is 35.9 Å². The summed E-state index contributed by atoms with van der Waals surface area (Å²) in [5.74, 6) is 0. The Morgan fingerprint density at radius 3 is 2.72 bits per heavy atom. The Kier molecular flexibility index (Phi) is 3.52. The highest BCUT2D eigenvalue weighted by Crippen LogP contribution is 2.04. The molecule has 5 nitrogen and oxygen atoms in total. The van der Waals surface area contributed by atoms with Crippen molar-refractivity contribution in [3.8, 4) is 0 Å². The van der Waals surface area contributed by atoms with Gasteiger partial charge in [-0.15, -0.1) is 0 Å². The molecular formula is C13H21N5. The van der Waals surface area contributed by atoms with Gasteiger partial charge in [0.1, 0.15) is 0 Å². The summed E-state index contributed by atoms with van der Waals surface area (Å²) in [5.41, 5.74) is 2.34. The second kappa shape index (κ2) is 4.94. The minimum absolute atomic E-state index is 0.118. The smallest absolute Gasteiger partial charge is 0.0762 e. The fourth-order valence-electron chi connectivity index (χ4n) is 1.68. The maximum Gasteiger partial charge on any atom is 0.0762 e. The molecule has 2 heterocycles. The van der Waals surface area contributed by atoms with Crippen LogP contribution in [0.25, 0.3) is 0 Å². The van der Waals surface area contributed by atoms with Crippen molar-refractivity contribution < 1.29 is 0 Å². The predicted octanol–water partition coefficient (Wildman–Crippen LogP) is 1.55. The fourth-order valence-corrected chi connectivity index (χ4v) is 1.68. The Balaban J connectivity index is 1.94. The van der Waals surface area contributed by atoms with Crippen LogP contribution in [0.2, 0.25) is 0 Å². The molecule has 2 aromatic rings. The third-order valence-corrected chi connectivity index (χ3v) is 2.60. The molecule has 0 unspecified atom stereocenters. The second-order valence-electron chi connectivity index (χ2n) is 5.63. The van der Waals surface area contributed by atoms with Gasteiger partial charge in [-0.1, -0.05) is 0 Å². The number of nitrogens with one attached hydrogen (secondary N) is 1. The minimum Gasteiger partial charge on any atom is -0.306 e. The molecule has 0 atom stereocenters. The molecule has 2 aromatic heterocycles. The Labute approximate surface area is 108 Å². The molecule has 0 radical (unpaired) electrons. The number of aromatic nitrogens is 4. The van der Waals surface area contributed by atoms with Gasteiger partial charge in [-0.2, -0.15) is 10.2 Å². The predicted molar refractivity (Wildman–Crippen MR) is 71.1 cm³/mol. The van der Waals surface area contributed by atoms with Crippen LogP contribution >= 0.6 is 0 Å². The Morgan fingerprint density at radius 1 is 1.33 bits per heavy atom. The standard InChI is InChI=1S/C13H21N5/c1-13(2,3)14-8-12-5-6-18(16-12)10-11-7-15-17(4)9-11/h5-7,9,14H,8,10H2,1-4H3. The lowest BCUT2D eigenvalue weighted by molar-refractivity contribution is 0.419. The number of rotatable bonds is 4. The van der Waals surface area contributed by atoms with Crippen LogP contribution in [0.5, 0.6) is 0 Å². The number of nitrogens with zero attached hydrogens (tertiary/aromatic N) is 4. The maximum absolute atomic E-state index is 4.53. The van der Waals surface area contributed by atoms with Gasteiger partial charge in [0.05, 0.1) is 18.4 Å². The molecule has 0 bridgehead atoms. The van der Waals surface area contributed by atoms with E-state index in [-0.39, 0.29) is 5.54 Å². The van der Waals surface area contributed by atoms with Gasteiger partial charge < -0.3 is 5.32 Å². The van der Waals surface area contributed by atoms with Crippen molar-refractivity contribution in [3.63, 3.8) is 0 Å². The van der Waals surface area contributed by atoms with Gasteiger partial charge in [-0.3, -0.25) is 9.36 Å². The van der Waals surface area contributed by atoms with Crippen LogP contribution in [0.1, 0.15) is 32.0 Å². The van der Waals surface area contributed by atoms with Gasteiger partial charge in [0, 0.05) is 37.1 Å². The average molecular weight is 247 g/mol. The zero-order chi connectivity index (χ0) is 13.2. The molecule has 0 aliphatic rings. The first kappa shape index (κ1) is 12.8. The first-order chi connectivity index (χ1) is 8.42. The lowest BCUT2D eigenvalue weighted by Gasteiger charge is -2.19. The maximum atomic E-state index is 4.53. The molecule has 98 valence electrons. The van der Waals surface area contributed by atoms with Crippen molar-refractivity contribution in [1.82, 2.24) is 24.9 Å². The van der Waals surface area contributed by atoms with E-state index in [1.807, 2.05) is 30.3 Å². The Hall–Kier alpha value is -1.62. The van der Waals surface area contributed by atoms with Crippen LogP contribution < -0.4 is 5.32 Å². The van der Waals surface area contributed by atoms with Gasteiger partial charge in [-0.05, 0) is 26.8 Å². The van der Waals surface area contributed by atoms with Gasteiger partial charge >= 0.3 is 0 Å². The SMILES string of the molecule is Cn1cc(Cn2ccc(CNC(C)(C)C)n2)cn1. The fraction of sp³-hybridized carbons (Fsp3) is 0.538. The summed E-state index contributed by atoms with van der Waals surface area (Å²) < 4.78 is 3.75. The summed E-state index contributed by atoms with van der Waals surface area (Å²) in [7, 11) is 1.92. The second-order valence-corrected chi connectivity index (χ2v) is 5.63. The van der Waals surface area contributed by atoms with Crippen LogP contribution in [0.4, 0.5) is 0 Å². The highest BCUT2D eigenvalue weighted by molar-refractivity contribution is 5.06. The summed E-state index contributed by atoms with van der Waals surface area (Å²) in [4.78, 5) is 0. The molecule has 0 aliphatic carbocycles. The lowest BCUT2D eigenvalue weighted by Crippen LogP contribution is -2.35. The van der Waals surface area contributed by atoms with E-state index in [9.17, 15) is 0 Å². The summed E-state index contributed by atoms with van der Waals surface area (Å²) in [6.45, 7) is 8.02. The van der Waals surface area contributed by atoms with E-state index in [1.54, 1.807) is 4.68 Å². The molecule has 0 saturated carbocycles. The van der Waals surface area contributed by atoms with Crippen LogP contribution in [0.15, 0.2) is 24.7 Å². The van der Waals surface area contributed by atoms with Crippen LogP contribution in [0, 0.1) is 0 Å². The normalized spacial score (nSPS) is 12.0. The molecule has 5 heteroatoms. The van der Waals surface area contributed by atoms with Gasteiger partial charge in [0.15, 0.2) is 0 Å². The van der Waals surface area contributed by atoms with E-state index < -0.39 is 0 Å². The molecule has 0 spiro atoms. The van der Waals surface area contributed by atoms with E-state index in [1.165, 1.54) is 0 Å². The highest BCUT2D eigenvalue weighted by Gasteiger charge is 2.09. The summed E-state index contributed by atoms with van der Waals surface area (Å²) in [6.07, 6.45) is 5.89. The molecule has 1 N–H and O–H groups in total. The van der Waals surface area contributed by atoms with Gasteiger partial charge in [0.2, 0.25) is 0 Å². The molecule has 0 amide bonds. The summed E-state index contributed by atoms with van der Waals surface area (Å²) in [5, 5.41) is 12.1. The van der Waals surface area contributed by atoms with Crippen molar-refractivity contribution in [2.75, 3.05) is 0 Å². The van der Waals surface area contributed by atoms with Gasteiger partial charge in [-0.25, -0.2) is 0 Å². The largest absolute Gasteiger partial charge is 0.306 e. The van der Waals surface area contributed by atoms with Gasteiger partial charge in [0.25, 0.3) is 0 Å². The van der Waals surface area contributed by atoms with Crippen molar-refractivity contribution in [2.24, 2.45) is 7.05 Å². The molecule has 0 aliphatic heterocycles. The van der Waals surface area contributed by atoms with Crippen molar-refractivity contribution in [1.29, 1.82) is 0 Å². The highest BCUT2D eigenvalue weighted by atomic mass is 15.3. The van der Waals surface area contributed by atoms with E-state index in [0.29, 0.717) is 0 Å². The molecule has 0 saturated heterocycles.